The molecule has 0 amide bonds. The number of carbonyl (C=O) groups is 1. The second-order valence-electron chi connectivity index (χ2n) is 2.84. The van der Waals surface area contributed by atoms with Crippen LogP contribution in [0.5, 0.6) is 0 Å². The van der Waals surface area contributed by atoms with Gasteiger partial charge in [-0.15, -0.1) is 0 Å². The Morgan fingerprint density at radius 2 is 2.09 bits per heavy atom. The second-order valence-corrected chi connectivity index (χ2v) is 2.84. The van der Waals surface area contributed by atoms with Gasteiger partial charge >= 0.3 is 5.97 Å². The molecular formula is C9H18O2. The van der Waals surface area contributed by atoms with Crippen LogP contribution in [-0.2, 0) is 9.53 Å². The molecule has 66 valence electrons. The molecule has 0 spiro atoms. The SMILES string of the molecule is CCC[C@H](CC)CC(=O)OC. The summed E-state index contributed by atoms with van der Waals surface area (Å²) in [6.07, 6.45) is 3.94. The van der Waals surface area contributed by atoms with Crippen LogP contribution >= 0.6 is 0 Å². The Kier molecular flexibility index (Phi) is 5.90. The zero-order valence-electron chi connectivity index (χ0n) is 7.72. The molecule has 2 heteroatoms. The van der Waals surface area contributed by atoms with Crippen LogP contribution in [0.15, 0.2) is 0 Å². The van der Waals surface area contributed by atoms with Gasteiger partial charge < -0.3 is 4.74 Å². The topological polar surface area (TPSA) is 26.3 Å². The first-order valence-electron chi connectivity index (χ1n) is 4.31. The minimum Gasteiger partial charge on any atom is -0.469 e. The smallest absolute Gasteiger partial charge is 0.305 e. The fourth-order valence-electron chi connectivity index (χ4n) is 1.18. The van der Waals surface area contributed by atoms with Gasteiger partial charge in [-0.2, -0.15) is 0 Å². The summed E-state index contributed by atoms with van der Waals surface area (Å²) in [7, 11) is 1.45. The average Bonchev–Trinajstić information content (AvgIpc) is 2.03. The quantitative estimate of drug-likeness (QED) is 0.574. The van der Waals surface area contributed by atoms with Gasteiger partial charge in [-0.3, -0.25) is 4.79 Å². The summed E-state index contributed by atoms with van der Waals surface area (Å²) in [4.78, 5) is 10.8. The lowest BCUT2D eigenvalue weighted by Crippen LogP contribution is -2.08. The van der Waals surface area contributed by atoms with Gasteiger partial charge in [0.2, 0.25) is 0 Å². The summed E-state index contributed by atoms with van der Waals surface area (Å²) >= 11 is 0. The van der Waals surface area contributed by atoms with Crippen molar-refractivity contribution in [3.8, 4) is 0 Å². The van der Waals surface area contributed by atoms with E-state index in [-0.39, 0.29) is 5.97 Å². The van der Waals surface area contributed by atoms with Crippen molar-refractivity contribution in [2.75, 3.05) is 7.11 Å². The Labute approximate surface area is 68.9 Å². The first-order valence-corrected chi connectivity index (χ1v) is 4.31. The average molecular weight is 158 g/mol. The van der Waals surface area contributed by atoms with Crippen molar-refractivity contribution >= 4 is 5.97 Å². The van der Waals surface area contributed by atoms with E-state index in [4.69, 9.17) is 0 Å². The highest BCUT2D eigenvalue weighted by molar-refractivity contribution is 5.69. The van der Waals surface area contributed by atoms with Gasteiger partial charge in [0, 0.05) is 6.42 Å². The van der Waals surface area contributed by atoms with E-state index in [0.29, 0.717) is 12.3 Å². The first kappa shape index (κ1) is 10.5. The van der Waals surface area contributed by atoms with Gasteiger partial charge in [0.05, 0.1) is 7.11 Å². The van der Waals surface area contributed by atoms with E-state index in [2.05, 4.69) is 18.6 Å². The molecule has 11 heavy (non-hydrogen) atoms. The number of carbonyl (C=O) groups excluding carboxylic acids is 1. The number of ether oxygens (including phenoxy) is 1. The van der Waals surface area contributed by atoms with Gasteiger partial charge in [-0.05, 0) is 5.92 Å². The molecule has 1 atom stereocenters. The summed E-state index contributed by atoms with van der Waals surface area (Å²) in [5.74, 6) is 0.442. The van der Waals surface area contributed by atoms with E-state index in [9.17, 15) is 4.79 Å². The highest BCUT2D eigenvalue weighted by Crippen LogP contribution is 2.15. The van der Waals surface area contributed by atoms with E-state index in [1.165, 1.54) is 7.11 Å². The minimum absolute atomic E-state index is 0.0784. The summed E-state index contributed by atoms with van der Waals surface area (Å²) in [6, 6.07) is 0. The molecule has 0 heterocycles. The molecule has 0 aliphatic heterocycles. The molecule has 0 radical (unpaired) electrons. The Hall–Kier alpha value is -0.530. The molecule has 2 nitrogen and oxygen atoms in total. The minimum atomic E-state index is -0.0784. The molecule has 0 unspecified atom stereocenters. The fourth-order valence-corrected chi connectivity index (χ4v) is 1.18. The third kappa shape index (κ3) is 4.82. The van der Waals surface area contributed by atoms with Crippen molar-refractivity contribution in [3.05, 3.63) is 0 Å². The molecule has 0 aromatic carbocycles. The fraction of sp³-hybridized carbons (Fsp3) is 0.889. The van der Waals surface area contributed by atoms with Crippen LogP contribution in [0, 0.1) is 5.92 Å². The highest BCUT2D eigenvalue weighted by atomic mass is 16.5. The molecule has 0 saturated carbocycles. The number of hydrogen-bond donors (Lipinski definition) is 0. The summed E-state index contributed by atoms with van der Waals surface area (Å²) in [6.45, 7) is 4.25. The van der Waals surface area contributed by atoms with E-state index < -0.39 is 0 Å². The summed E-state index contributed by atoms with van der Waals surface area (Å²) in [5, 5.41) is 0. The Morgan fingerprint density at radius 1 is 1.45 bits per heavy atom. The molecular weight excluding hydrogens is 140 g/mol. The van der Waals surface area contributed by atoms with Crippen LogP contribution in [0.4, 0.5) is 0 Å². The normalized spacial score (nSPS) is 12.6. The standard InChI is InChI=1S/C9H18O2/c1-4-6-8(5-2)7-9(10)11-3/h8H,4-7H2,1-3H3/t8-/m0/s1. The zero-order valence-corrected chi connectivity index (χ0v) is 7.72. The second kappa shape index (κ2) is 6.20. The number of esters is 1. The first-order chi connectivity index (χ1) is 5.24. The molecule has 0 N–H and O–H groups in total. The van der Waals surface area contributed by atoms with Crippen molar-refractivity contribution in [1.29, 1.82) is 0 Å². The molecule has 0 aromatic heterocycles. The van der Waals surface area contributed by atoms with Gasteiger partial charge in [0.15, 0.2) is 0 Å². The van der Waals surface area contributed by atoms with Crippen molar-refractivity contribution in [2.24, 2.45) is 5.92 Å². The van der Waals surface area contributed by atoms with Gasteiger partial charge in [0.1, 0.15) is 0 Å². The van der Waals surface area contributed by atoms with Gasteiger partial charge in [0.25, 0.3) is 0 Å². The predicted molar refractivity (Wildman–Crippen MR) is 45.3 cm³/mol. The van der Waals surface area contributed by atoms with Crippen LogP contribution in [0.3, 0.4) is 0 Å². The van der Waals surface area contributed by atoms with E-state index in [0.717, 1.165) is 19.3 Å². The summed E-state index contributed by atoms with van der Waals surface area (Å²) < 4.78 is 4.59. The van der Waals surface area contributed by atoms with Crippen molar-refractivity contribution < 1.29 is 9.53 Å². The van der Waals surface area contributed by atoms with E-state index in [1.54, 1.807) is 0 Å². The van der Waals surface area contributed by atoms with Crippen molar-refractivity contribution in [3.63, 3.8) is 0 Å². The third-order valence-electron chi connectivity index (χ3n) is 1.96. The van der Waals surface area contributed by atoms with Crippen LogP contribution in [0.2, 0.25) is 0 Å². The maximum atomic E-state index is 10.8. The zero-order chi connectivity index (χ0) is 8.69. The largest absolute Gasteiger partial charge is 0.469 e. The van der Waals surface area contributed by atoms with Crippen molar-refractivity contribution in [1.82, 2.24) is 0 Å². The van der Waals surface area contributed by atoms with Crippen LogP contribution in [0.25, 0.3) is 0 Å². The van der Waals surface area contributed by atoms with Gasteiger partial charge in [-0.1, -0.05) is 33.1 Å². The molecule has 0 bridgehead atoms. The Balaban J connectivity index is 3.58. The van der Waals surface area contributed by atoms with Crippen LogP contribution < -0.4 is 0 Å². The number of methoxy groups -OCH3 is 1. The van der Waals surface area contributed by atoms with Crippen LogP contribution in [-0.4, -0.2) is 13.1 Å². The lowest BCUT2D eigenvalue weighted by atomic mass is 9.97. The monoisotopic (exact) mass is 158 g/mol. The summed E-state index contributed by atoms with van der Waals surface area (Å²) in [5.41, 5.74) is 0. The highest BCUT2D eigenvalue weighted by Gasteiger charge is 2.10. The number of rotatable bonds is 5. The molecule has 0 saturated heterocycles. The number of hydrogen-bond acceptors (Lipinski definition) is 2. The molecule has 0 aromatic rings. The molecule has 0 aliphatic carbocycles. The Bertz CT molecular complexity index is 110. The van der Waals surface area contributed by atoms with E-state index in [1.807, 2.05) is 0 Å². The van der Waals surface area contributed by atoms with E-state index >= 15 is 0 Å². The molecule has 0 fully saturated rings. The maximum absolute atomic E-state index is 10.8. The maximum Gasteiger partial charge on any atom is 0.305 e. The lowest BCUT2D eigenvalue weighted by Gasteiger charge is -2.10. The van der Waals surface area contributed by atoms with Gasteiger partial charge in [-0.25, -0.2) is 0 Å². The predicted octanol–water partition coefficient (Wildman–Crippen LogP) is 2.38. The molecule has 0 rings (SSSR count). The van der Waals surface area contributed by atoms with Crippen molar-refractivity contribution in [2.45, 2.75) is 39.5 Å². The van der Waals surface area contributed by atoms with Crippen LogP contribution in [0.1, 0.15) is 39.5 Å². The third-order valence-corrected chi connectivity index (χ3v) is 1.96. The molecule has 0 aliphatic rings. The Morgan fingerprint density at radius 3 is 2.45 bits per heavy atom. The lowest BCUT2D eigenvalue weighted by molar-refractivity contribution is -0.141.